The second kappa shape index (κ2) is 7.39. The number of nitro benzene ring substituents is 1. The Morgan fingerprint density at radius 2 is 1.93 bits per heavy atom. The maximum Gasteiger partial charge on any atom is 0.346 e. The van der Waals surface area contributed by atoms with Gasteiger partial charge in [0.25, 0.3) is 5.95 Å². The van der Waals surface area contributed by atoms with Gasteiger partial charge in [-0.15, -0.1) is 0 Å². The highest BCUT2D eigenvalue weighted by molar-refractivity contribution is 7.54. The van der Waals surface area contributed by atoms with Gasteiger partial charge in [0.05, 0.1) is 11.0 Å². The molecule has 1 atom stereocenters. The summed E-state index contributed by atoms with van der Waals surface area (Å²) in [6.07, 6.45) is 2.87. The minimum absolute atomic E-state index is 0.0885. The molecule has 2 aliphatic heterocycles. The summed E-state index contributed by atoms with van der Waals surface area (Å²) in [6.45, 7) is 2.95. The highest BCUT2D eigenvalue weighted by atomic mass is 31.2. The van der Waals surface area contributed by atoms with Crippen LogP contribution >= 0.6 is 7.67 Å². The molecule has 158 valence electrons. The fourth-order valence-corrected chi connectivity index (χ4v) is 6.11. The van der Waals surface area contributed by atoms with Gasteiger partial charge in [-0.3, -0.25) is 19.2 Å². The molecule has 9 nitrogen and oxygen atoms in total. The summed E-state index contributed by atoms with van der Waals surface area (Å²) in [4.78, 5) is 14.6. The van der Waals surface area contributed by atoms with Gasteiger partial charge in [0.2, 0.25) is 5.75 Å². The van der Waals surface area contributed by atoms with Crippen LogP contribution < -0.4 is 4.74 Å². The molecule has 2 aromatic rings. The summed E-state index contributed by atoms with van der Waals surface area (Å²) in [5, 5.41) is 11.6. The predicted octanol–water partition coefficient (Wildman–Crippen LogP) is 4.05. The first-order chi connectivity index (χ1) is 14.5. The second-order valence-electron chi connectivity index (χ2n) is 7.55. The van der Waals surface area contributed by atoms with Crippen molar-refractivity contribution in [2.75, 3.05) is 26.2 Å². The fourth-order valence-electron chi connectivity index (χ4n) is 3.75. The van der Waals surface area contributed by atoms with Crippen LogP contribution in [-0.4, -0.2) is 45.4 Å². The van der Waals surface area contributed by atoms with Crippen molar-refractivity contribution in [1.82, 2.24) is 14.3 Å². The molecule has 0 radical (unpaired) electrons. The molecular formula is C19H20FN4O5P. The van der Waals surface area contributed by atoms with Crippen LogP contribution in [0.25, 0.3) is 0 Å². The minimum atomic E-state index is -3.06. The molecule has 0 amide bonds. The van der Waals surface area contributed by atoms with E-state index in [1.54, 1.807) is 0 Å². The lowest BCUT2D eigenvalue weighted by molar-refractivity contribution is -0.385. The lowest BCUT2D eigenvalue weighted by atomic mass is 9.89. The Morgan fingerprint density at radius 3 is 2.57 bits per heavy atom. The number of aromatic nitrogens is 1. The van der Waals surface area contributed by atoms with E-state index in [9.17, 15) is 19.1 Å². The SMILES string of the molecule is O=[N+]([O-])c1cc2c(cc1Oc1cccnc1F)[C@@H](OP(=O)(N1CC1)N1CC1)CCC2. The zero-order chi connectivity index (χ0) is 20.9. The monoisotopic (exact) mass is 434 g/mol. The standard InChI is InChI=1S/C19H20FN4O5P/c20-19-17(5-2-6-21-19)28-18-12-14-13(11-15(18)24(25)26)3-1-4-16(14)29-30(27,22-7-8-22)23-9-10-23/h2,5-6,11-12,16H,1,3-4,7-10H2/t16-/m0/s1. The number of aryl methyl sites for hydroxylation is 1. The van der Waals surface area contributed by atoms with Crippen LogP contribution in [-0.2, 0) is 15.5 Å². The molecule has 0 spiro atoms. The van der Waals surface area contributed by atoms with Crippen LogP contribution in [0.2, 0.25) is 0 Å². The van der Waals surface area contributed by atoms with E-state index in [-0.39, 0.29) is 17.2 Å². The van der Waals surface area contributed by atoms with E-state index >= 15 is 0 Å². The summed E-state index contributed by atoms with van der Waals surface area (Å²) in [5.74, 6) is -1.15. The third-order valence-corrected chi connectivity index (χ3v) is 8.21. The van der Waals surface area contributed by atoms with Crippen LogP contribution in [0.4, 0.5) is 10.1 Å². The van der Waals surface area contributed by atoms with Crippen LogP contribution in [0.3, 0.4) is 0 Å². The van der Waals surface area contributed by atoms with Crippen LogP contribution in [0, 0.1) is 16.1 Å². The number of benzene rings is 1. The zero-order valence-electron chi connectivity index (χ0n) is 16.1. The van der Waals surface area contributed by atoms with Gasteiger partial charge in [-0.2, -0.15) is 4.39 Å². The van der Waals surface area contributed by atoms with Gasteiger partial charge < -0.3 is 4.74 Å². The molecule has 3 aliphatic rings. The maximum atomic E-state index is 14.0. The summed E-state index contributed by atoms with van der Waals surface area (Å²) >= 11 is 0. The molecule has 1 aromatic carbocycles. The first-order valence-corrected chi connectivity index (χ1v) is 11.4. The van der Waals surface area contributed by atoms with Crippen molar-refractivity contribution in [2.24, 2.45) is 0 Å². The number of fused-ring (bicyclic) bond motifs is 1. The van der Waals surface area contributed by atoms with Crippen molar-refractivity contribution < 1.29 is 23.1 Å². The number of pyridine rings is 1. The number of hydrogen-bond acceptors (Lipinski definition) is 6. The molecule has 3 heterocycles. The van der Waals surface area contributed by atoms with E-state index in [1.807, 2.05) is 9.34 Å². The molecular weight excluding hydrogens is 414 g/mol. The van der Waals surface area contributed by atoms with Crippen LogP contribution in [0.1, 0.15) is 30.1 Å². The first-order valence-electron chi connectivity index (χ1n) is 9.84. The Balaban J connectivity index is 1.51. The van der Waals surface area contributed by atoms with Crippen molar-refractivity contribution in [3.63, 3.8) is 0 Å². The van der Waals surface area contributed by atoms with E-state index in [1.165, 1.54) is 30.5 Å². The van der Waals surface area contributed by atoms with Gasteiger partial charge in [-0.1, -0.05) is 0 Å². The Hall–Kier alpha value is -2.39. The lowest BCUT2D eigenvalue weighted by Gasteiger charge is -2.30. The van der Waals surface area contributed by atoms with Gasteiger partial charge >= 0.3 is 13.4 Å². The molecule has 1 aromatic heterocycles. The third-order valence-electron chi connectivity index (χ3n) is 5.45. The number of rotatable bonds is 7. The molecule has 0 saturated carbocycles. The molecule has 1 aliphatic carbocycles. The zero-order valence-corrected chi connectivity index (χ0v) is 17.0. The number of halogens is 1. The van der Waals surface area contributed by atoms with Crippen molar-refractivity contribution >= 4 is 13.4 Å². The summed E-state index contributed by atoms with van der Waals surface area (Å²) in [5.41, 5.74) is 1.22. The Bertz CT molecular complexity index is 1040. The van der Waals surface area contributed by atoms with Crippen molar-refractivity contribution in [2.45, 2.75) is 25.4 Å². The number of hydrogen-bond donors (Lipinski definition) is 0. The van der Waals surface area contributed by atoms with E-state index < -0.39 is 24.6 Å². The van der Waals surface area contributed by atoms with Gasteiger partial charge in [0, 0.05) is 38.4 Å². The van der Waals surface area contributed by atoms with E-state index in [0.29, 0.717) is 18.4 Å². The highest BCUT2D eigenvalue weighted by Crippen LogP contribution is 2.64. The molecule has 30 heavy (non-hydrogen) atoms. The lowest BCUT2D eigenvalue weighted by Crippen LogP contribution is -2.17. The highest BCUT2D eigenvalue weighted by Gasteiger charge is 2.51. The minimum Gasteiger partial charge on any atom is -0.445 e. The van der Waals surface area contributed by atoms with E-state index in [2.05, 4.69) is 4.98 Å². The normalized spacial score (nSPS) is 21.2. The second-order valence-corrected chi connectivity index (χ2v) is 9.88. The third kappa shape index (κ3) is 3.60. The average Bonchev–Trinajstić information content (AvgIpc) is 3.62. The Morgan fingerprint density at radius 1 is 1.20 bits per heavy atom. The molecule has 0 unspecified atom stereocenters. The van der Waals surface area contributed by atoms with Crippen molar-refractivity contribution in [1.29, 1.82) is 0 Å². The van der Waals surface area contributed by atoms with E-state index in [0.717, 1.165) is 38.2 Å². The smallest absolute Gasteiger partial charge is 0.346 e. The van der Waals surface area contributed by atoms with Gasteiger partial charge in [-0.25, -0.2) is 14.3 Å². The molecule has 11 heteroatoms. The molecule has 0 bridgehead atoms. The summed E-state index contributed by atoms with van der Waals surface area (Å²) in [6, 6.07) is 5.82. The van der Waals surface area contributed by atoms with Crippen LogP contribution in [0.5, 0.6) is 11.5 Å². The molecule has 0 N–H and O–H groups in total. The maximum absolute atomic E-state index is 14.0. The average molecular weight is 434 g/mol. The fraction of sp³-hybridized carbons (Fsp3) is 0.421. The summed E-state index contributed by atoms with van der Waals surface area (Å²) < 4.78 is 42.8. The molecule has 2 saturated heterocycles. The quantitative estimate of drug-likeness (QED) is 0.212. The number of nitro groups is 1. The van der Waals surface area contributed by atoms with Crippen LogP contribution in [0.15, 0.2) is 30.5 Å². The molecule has 5 rings (SSSR count). The van der Waals surface area contributed by atoms with E-state index in [4.69, 9.17) is 9.26 Å². The number of nitrogens with zero attached hydrogens (tertiary/aromatic N) is 4. The van der Waals surface area contributed by atoms with Gasteiger partial charge in [-0.05, 0) is 48.6 Å². The largest absolute Gasteiger partial charge is 0.445 e. The predicted molar refractivity (Wildman–Crippen MR) is 105 cm³/mol. The Labute approximate surface area is 172 Å². The summed E-state index contributed by atoms with van der Waals surface area (Å²) in [7, 11) is -3.06. The van der Waals surface area contributed by atoms with Gasteiger partial charge in [0.1, 0.15) is 0 Å². The first kappa shape index (κ1) is 19.6. The Kier molecular flexibility index (Phi) is 4.82. The van der Waals surface area contributed by atoms with Crippen molar-refractivity contribution in [3.05, 3.63) is 57.7 Å². The van der Waals surface area contributed by atoms with Crippen molar-refractivity contribution in [3.8, 4) is 11.5 Å². The topological polar surface area (TPSA) is 97.6 Å². The molecule has 2 fully saturated rings. The number of ether oxygens (including phenoxy) is 1. The van der Waals surface area contributed by atoms with Gasteiger partial charge in [0.15, 0.2) is 5.75 Å².